The molecule has 0 atom stereocenters. The summed E-state index contributed by atoms with van der Waals surface area (Å²) in [4.78, 5) is 1.18. The van der Waals surface area contributed by atoms with Crippen molar-refractivity contribution in [1.29, 1.82) is 0 Å². The molecule has 0 aliphatic rings. The molecule has 2 aromatic rings. The summed E-state index contributed by atoms with van der Waals surface area (Å²) in [7, 11) is 1.70. The van der Waals surface area contributed by atoms with Crippen LogP contribution in [-0.4, -0.2) is 20.3 Å². The van der Waals surface area contributed by atoms with Gasteiger partial charge in [0.05, 0.1) is 18.6 Å². The van der Waals surface area contributed by atoms with E-state index in [0.29, 0.717) is 6.61 Å². The summed E-state index contributed by atoms with van der Waals surface area (Å²) in [6, 6.07) is 9.87. The number of methoxy groups -OCH3 is 1. The molecule has 0 bridgehead atoms. The quantitative estimate of drug-likeness (QED) is 0.591. The van der Waals surface area contributed by atoms with Crippen molar-refractivity contribution in [3.05, 3.63) is 52.9 Å². The molecule has 108 valence electrons. The average Bonchev–Trinajstić information content (AvgIpc) is 2.96. The second kappa shape index (κ2) is 8.37. The van der Waals surface area contributed by atoms with Crippen LogP contribution in [0.5, 0.6) is 0 Å². The van der Waals surface area contributed by atoms with Gasteiger partial charge in [0.15, 0.2) is 0 Å². The van der Waals surface area contributed by atoms with Crippen LogP contribution >= 0.6 is 23.4 Å². The Hall–Kier alpha value is -0.940. The maximum absolute atomic E-state index is 6.08. The lowest BCUT2D eigenvalue weighted by atomic mass is 10.2. The second-order valence-corrected chi connectivity index (χ2v) is 5.74. The molecule has 0 saturated carbocycles. The Morgan fingerprint density at radius 1 is 1.35 bits per heavy atom. The van der Waals surface area contributed by atoms with Crippen molar-refractivity contribution >= 4 is 23.4 Å². The molecular weight excluding hydrogens is 294 g/mol. The predicted molar refractivity (Wildman–Crippen MR) is 83.3 cm³/mol. The standard InChI is InChI=1S/C15H18ClNO2S/c1-18-8-6-17-10-12-4-5-13(16)9-15(12)20-11-14-3-2-7-19-14/h2-5,7,9,17H,6,8,10-11H2,1H3. The van der Waals surface area contributed by atoms with Crippen LogP contribution in [0.2, 0.25) is 5.02 Å². The van der Waals surface area contributed by atoms with Crippen LogP contribution in [0.4, 0.5) is 0 Å². The van der Waals surface area contributed by atoms with Gasteiger partial charge in [-0.15, -0.1) is 11.8 Å². The molecule has 3 nitrogen and oxygen atoms in total. The number of hydrogen-bond donors (Lipinski definition) is 1. The van der Waals surface area contributed by atoms with Crippen molar-refractivity contribution in [3.63, 3.8) is 0 Å². The van der Waals surface area contributed by atoms with E-state index >= 15 is 0 Å². The van der Waals surface area contributed by atoms with Gasteiger partial charge in [-0.05, 0) is 29.8 Å². The normalized spacial score (nSPS) is 10.9. The van der Waals surface area contributed by atoms with Crippen molar-refractivity contribution in [2.75, 3.05) is 20.3 Å². The van der Waals surface area contributed by atoms with Gasteiger partial charge in [-0.3, -0.25) is 0 Å². The molecule has 0 amide bonds. The van der Waals surface area contributed by atoms with Crippen molar-refractivity contribution < 1.29 is 9.15 Å². The van der Waals surface area contributed by atoms with E-state index in [0.717, 1.165) is 29.6 Å². The van der Waals surface area contributed by atoms with E-state index < -0.39 is 0 Å². The van der Waals surface area contributed by atoms with Crippen molar-refractivity contribution in [1.82, 2.24) is 5.32 Å². The Morgan fingerprint density at radius 2 is 2.25 bits per heavy atom. The van der Waals surface area contributed by atoms with Crippen LogP contribution in [0, 0.1) is 0 Å². The molecule has 0 radical (unpaired) electrons. The third kappa shape index (κ3) is 4.87. The molecule has 0 aliphatic heterocycles. The van der Waals surface area contributed by atoms with Crippen LogP contribution in [0.1, 0.15) is 11.3 Å². The average molecular weight is 312 g/mol. The highest BCUT2D eigenvalue weighted by atomic mass is 35.5. The number of thioether (sulfide) groups is 1. The summed E-state index contributed by atoms with van der Waals surface area (Å²) in [6.45, 7) is 2.35. The first-order chi connectivity index (χ1) is 9.79. The largest absolute Gasteiger partial charge is 0.468 e. The number of rotatable bonds is 8. The molecule has 1 N–H and O–H groups in total. The van der Waals surface area contributed by atoms with Gasteiger partial charge in [-0.25, -0.2) is 0 Å². The van der Waals surface area contributed by atoms with E-state index in [1.165, 1.54) is 10.5 Å². The molecule has 0 spiro atoms. The number of ether oxygens (including phenoxy) is 1. The van der Waals surface area contributed by atoms with E-state index in [4.69, 9.17) is 20.8 Å². The highest BCUT2D eigenvalue weighted by molar-refractivity contribution is 7.98. The molecular formula is C15H18ClNO2S. The molecule has 0 fully saturated rings. The minimum absolute atomic E-state index is 0.711. The Morgan fingerprint density at radius 3 is 3.00 bits per heavy atom. The van der Waals surface area contributed by atoms with Gasteiger partial charge in [0, 0.05) is 30.1 Å². The van der Waals surface area contributed by atoms with Gasteiger partial charge < -0.3 is 14.5 Å². The minimum atomic E-state index is 0.711. The van der Waals surface area contributed by atoms with Crippen LogP contribution in [-0.2, 0) is 17.0 Å². The fourth-order valence-corrected chi connectivity index (χ4v) is 2.98. The van der Waals surface area contributed by atoms with E-state index in [-0.39, 0.29) is 0 Å². The number of furan rings is 1. The lowest BCUT2D eigenvalue weighted by Crippen LogP contribution is -2.18. The van der Waals surface area contributed by atoms with Crippen molar-refractivity contribution in [3.8, 4) is 0 Å². The first-order valence-corrected chi connectivity index (χ1v) is 7.79. The minimum Gasteiger partial charge on any atom is -0.468 e. The molecule has 1 aromatic carbocycles. The van der Waals surface area contributed by atoms with Crippen LogP contribution in [0.3, 0.4) is 0 Å². The Kier molecular flexibility index (Phi) is 6.47. The summed E-state index contributed by atoms with van der Waals surface area (Å²) in [5.41, 5.74) is 1.24. The molecule has 1 heterocycles. The van der Waals surface area contributed by atoms with Gasteiger partial charge in [0.25, 0.3) is 0 Å². The number of nitrogens with one attached hydrogen (secondary N) is 1. The Labute approximate surface area is 128 Å². The lowest BCUT2D eigenvalue weighted by Gasteiger charge is -2.10. The van der Waals surface area contributed by atoms with E-state index in [1.807, 2.05) is 24.3 Å². The van der Waals surface area contributed by atoms with Crippen LogP contribution < -0.4 is 5.32 Å². The molecule has 0 aliphatic carbocycles. The maximum Gasteiger partial charge on any atom is 0.113 e. The molecule has 2 rings (SSSR count). The van der Waals surface area contributed by atoms with Gasteiger partial charge in [-0.2, -0.15) is 0 Å². The van der Waals surface area contributed by atoms with Crippen LogP contribution in [0.25, 0.3) is 0 Å². The summed E-state index contributed by atoms with van der Waals surface area (Å²) in [5.74, 6) is 1.77. The van der Waals surface area contributed by atoms with Crippen LogP contribution in [0.15, 0.2) is 45.9 Å². The van der Waals surface area contributed by atoms with Crippen molar-refractivity contribution in [2.45, 2.75) is 17.2 Å². The number of benzene rings is 1. The Bertz CT molecular complexity index is 517. The smallest absolute Gasteiger partial charge is 0.113 e. The molecule has 1 aromatic heterocycles. The Balaban J connectivity index is 1.96. The fourth-order valence-electron chi connectivity index (χ4n) is 1.75. The van der Waals surface area contributed by atoms with Gasteiger partial charge in [-0.1, -0.05) is 17.7 Å². The van der Waals surface area contributed by atoms with Gasteiger partial charge >= 0.3 is 0 Å². The SMILES string of the molecule is COCCNCc1ccc(Cl)cc1SCc1ccco1. The summed E-state index contributed by atoms with van der Waals surface area (Å²) in [6.07, 6.45) is 1.70. The lowest BCUT2D eigenvalue weighted by molar-refractivity contribution is 0.199. The topological polar surface area (TPSA) is 34.4 Å². The predicted octanol–water partition coefficient (Wildman–Crippen LogP) is 3.96. The third-order valence-corrected chi connectivity index (χ3v) is 4.13. The monoisotopic (exact) mass is 311 g/mol. The maximum atomic E-state index is 6.08. The van der Waals surface area contributed by atoms with E-state index in [2.05, 4.69) is 11.4 Å². The molecule has 0 saturated heterocycles. The molecule has 0 unspecified atom stereocenters. The number of hydrogen-bond acceptors (Lipinski definition) is 4. The summed E-state index contributed by atoms with van der Waals surface area (Å²) >= 11 is 7.82. The zero-order valence-electron chi connectivity index (χ0n) is 11.4. The second-order valence-electron chi connectivity index (χ2n) is 4.29. The first-order valence-electron chi connectivity index (χ1n) is 6.43. The first kappa shape index (κ1) is 15.4. The highest BCUT2D eigenvalue weighted by Crippen LogP contribution is 2.29. The number of halogens is 1. The zero-order valence-corrected chi connectivity index (χ0v) is 13.0. The van der Waals surface area contributed by atoms with Crippen molar-refractivity contribution in [2.24, 2.45) is 0 Å². The van der Waals surface area contributed by atoms with Gasteiger partial charge in [0.2, 0.25) is 0 Å². The summed E-state index contributed by atoms with van der Waals surface area (Å²) < 4.78 is 10.4. The van der Waals surface area contributed by atoms with E-state index in [1.54, 1.807) is 25.1 Å². The third-order valence-electron chi connectivity index (χ3n) is 2.78. The molecule has 5 heteroatoms. The summed E-state index contributed by atoms with van der Waals surface area (Å²) in [5, 5.41) is 4.11. The van der Waals surface area contributed by atoms with Gasteiger partial charge in [0.1, 0.15) is 5.76 Å². The van der Waals surface area contributed by atoms with E-state index in [9.17, 15) is 0 Å². The molecule has 20 heavy (non-hydrogen) atoms. The highest BCUT2D eigenvalue weighted by Gasteiger charge is 2.06. The zero-order chi connectivity index (χ0) is 14.2. The fraction of sp³-hybridized carbons (Fsp3) is 0.333.